The average molecular weight is 942 g/mol. The molecule has 342 valence electrons. The summed E-state index contributed by atoms with van der Waals surface area (Å²) in [6, 6.07) is 71.4. The zero-order valence-electron chi connectivity index (χ0n) is 40.2. The summed E-state index contributed by atoms with van der Waals surface area (Å²) in [6.45, 7) is 28.5. The maximum Gasteiger partial charge on any atom is 0.194 e. The summed E-state index contributed by atoms with van der Waals surface area (Å²) in [5, 5.41) is 25.5. The lowest BCUT2D eigenvalue weighted by Crippen LogP contribution is -2.05. The van der Waals surface area contributed by atoms with Crippen molar-refractivity contribution < 1.29 is 0 Å². The summed E-state index contributed by atoms with van der Waals surface area (Å²) in [5.74, 6) is 0. The Morgan fingerprint density at radius 2 is 0.716 bits per heavy atom. The first-order chi connectivity index (χ1) is 36.3. The molecular weight excluding hydrogens is 903 g/mol. The van der Waals surface area contributed by atoms with Crippen molar-refractivity contribution in [1.29, 1.82) is 10.5 Å². The number of hydrogen-bond donors (Lipinski definition) is 0. The van der Waals surface area contributed by atoms with Gasteiger partial charge < -0.3 is 9.13 Å². The van der Waals surface area contributed by atoms with Crippen LogP contribution in [0.1, 0.15) is 22.3 Å². The van der Waals surface area contributed by atoms with E-state index in [1.807, 2.05) is 109 Å². The lowest BCUT2D eigenvalue weighted by atomic mass is 9.95. The van der Waals surface area contributed by atoms with Crippen LogP contribution < -0.4 is 0 Å². The quantitative estimate of drug-likeness (QED) is 0.149. The van der Waals surface area contributed by atoms with Gasteiger partial charge in [-0.25, -0.2) is 14.5 Å². The van der Waals surface area contributed by atoms with E-state index in [-0.39, 0.29) is 0 Å². The Balaban J connectivity index is 1.28. The summed E-state index contributed by atoms with van der Waals surface area (Å²) in [5.41, 5.74) is 18.2. The maximum atomic E-state index is 11.3. The minimum atomic E-state index is 0.428. The van der Waals surface area contributed by atoms with E-state index in [4.69, 9.17) is 19.7 Å². The van der Waals surface area contributed by atoms with Gasteiger partial charge in [-0.05, 0) is 106 Å². The van der Waals surface area contributed by atoms with E-state index in [9.17, 15) is 10.5 Å². The van der Waals surface area contributed by atoms with Gasteiger partial charge in [0.1, 0.15) is 0 Å². The fraction of sp³-hybridized carbons (Fsp3) is 0.0299. The van der Waals surface area contributed by atoms with Gasteiger partial charge in [0.05, 0.1) is 76.4 Å². The highest BCUT2D eigenvalue weighted by Crippen LogP contribution is 2.47. The molecule has 0 N–H and O–H groups in total. The minimum Gasteiger partial charge on any atom is -0.308 e. The molecule has 0 saturated carbocycles. The summed E-state index contributed by atoms with van der Waals surface area (Å²) in [6.07, 6.45) is 0. The third-order valence-electron chi connectivity index (χ3n) is 14.1. The molecule has 12 rings (SSSR count). The van der Waals surface area contributed by atoms with E-state index in [1.165, 1.54) is 0 Å². The van der Waals surface area contributed by atoms with Crippen molar-refractivity contribution in [2.45, 2.75) is 13.8 Å². The highest BCUT2D eigenvalue weighted by atomic mass is 15.0. The second kappa shape index (κ2) is 17.9. The second-order valence-corrected chi connectivity index (χ2v) is 18.5. The van der Waals surface area contributed by atoms with E-state index in [0.29, 0.717) is 28.2 Å². The zero-order chi connectivity index (χ0) is 50.6. The van der Waals surface area contributed by atoms with Gasteiger partial charge in [0.15, 0.2) is 17.1 Å². The molecule has 0 aliphatic rings. The van der Waals surface area contributed by atoms with Crippen molar-refractivity contribution in [2.75, 3.05) is 0 Å². The molecule has 0 bridgehead atoms. The molecule has 10 aromatic carbocycles. The van der Waals surface area contributed by atoms with Gasteiger partial charge in [0, 0.05) is 27.1 Å². The Kier molecular flexibility index (Phi) is 10.7. The summed E-state index contributed by atoms with van der Waals surface area (Å²) < 4.78 is 4.52. The summed E-state index contributed by atoms with van der Waals surface area (Å²) in [4.78, 5) is 11.7. The first-order valence-corrected chi connectivity index (χ1v) is 24.0. The fourth-order valence-corrected chi connectivity index (χ4v) is 10.9. The van der Waals surface area contributed by atoms with E-state index in [0.717, 1.165) is 122 Å². The van der Waals surface area contributed by atoms with Crippen LogP contribution in [-0.4, -0.2) is 9.13 Å². The van der Waals surface area contributed by atoms with Crippen LogP contribution in [0.2, 0.25) is 0 Å². The number of nitrogens with zero attached hydrogens (tertiary/aromatic N) is 7. The monoisotopic (exact) mass is 941 g/mol. The minimum absolute atomic E-state index is 0.428. The van der Waals surface area contributed by atoms with E-state index in [2.05, 4.69) is 141 Å². The predicted molar refractivity (Wildman–Crippen MR) is 300 cm³/mol. The van der Waals surface area contributed by atoms with Crippen LogP contribution in [-0.2, 0) is 0 Å². The van der Waals surface area contributed by atoms with Gasteiger partial charge in [-0.2, -0.15) is 10.5 Å². The van der Waals surface area contributed by atoms with Crippen molar-refractivity contribution in [2.24, 2.45) is 0 Å². The SMILES string of the molecule is [C-]#[N+]c1ccccc1-c1ccc2c3ccc(-c4ccccc4C#N)cc3n(-c3cc(C#N)cc(-n4c5cc(-c6ccccc6[N+]#[C-])ccc5c5ccc(-c6ccccc6[N+]#[C-])cc54)c3-c3cc(C)cc(C)c3)c2c1. The largest absolute Gasteiger partial charge is 0.308 e. The molecule has 0 aliphatic heterocycles. The lowest BCUT2D eigenvalue weighted by molar-refractivity contribution is 1.13. The summed E-state index contributed by atoms with van der Waals surface area (Å²) in [7, 11) is 0. The molecule has 0 spiro atoms. The Bertz CT molecular complexity index is 4080. The molecule has 0 fully saturated rings. The van der Waals surface area contributed by atoms with Gasteiger partial charge in [0.2, 0.25) is 0 Å². The first kappa shape index (κ1) is 44.5. The highest BCUT2D eigenvalue weighted by Gasteiger charge is 2.26. The van der Waals surface area contributed by atoms with Gasteiger partial charge in [-0.3, -0.25) is 0 Å². The van der Waals surface area contributed by atoms with Crippen molar-refractivity contribution >= 4 is 60.7 Å². The molecule has 2 aromatic heterocycles. The van der Waals surface area contributed by atoms with Crippen LogP contribution in [0, 0.1) is 56.2 Å². The zero-order valence-corrected chi connectivity index (χ0v) is 40.2. The van der Waals surface area contributed by atoms with Gasteiger partial charge in [-0.15, -0.1) is 0 Å². The molecule has 0 aliphatic carbocycles. The van der Waals surface area contributed by atoms with Crippen molar-refractivity contribution in [3.05, 3.63) is 257 Å². The highest BCUT2D eigenvalue weighted by molar-refractivity contribution is 6.14. The standard InChI is InChI=1S/C67H39N7/c1-41-30-42(2)32-49(31-41)67-65(73-61-35-44(50-15-7-6-14-48(50)40-69)22-26-54(61)55-27-23-45(36-62(55)73)51-16-8-11-19-58(51)70-3)33-43(39-68)34-66(67)74-63-37-46(52-17-9-12-20-59(52)71-4)24-28-56(63)57-29-25-47(38-64(57)74)53-18-10-13-21-60(53)72-5/h6-38H,1-2H3. The summed E-state index contributed by atoms with van der Waals surface area (Å²) >= 11 is 0. The number of fused-ring (bicyclic) bond motifs is 6. The Hall–Kier alpha value is -10.8. The van der Waals surface area contributed by atoms with Crippen LogP contribution >= 0.6 is 0 Å². The topological polar surface area (TPSA) is 70.5 Å². The predicted octanol–water partition coefficient (Wildman–Crippen LogP) is 18.2. The number of aryl methyl sites for hydroxylation is 2. The molecule has 0 amide bonds. The van der Waals surface area contributed by atoms with E-state index in [1.54, 1.807) is 0 Å². The maximum absolute atomic E-state index is 11.3. The molecule has 0 atom stereocenters. The van der Waals surface area contributed by atoms with E-state index >= 15 is 0 Å². The smallest absolute Gasteiger partial charge is 0.194 e. The molecule has 12 aromatic rings. The Morgan fingerprint density at radius 1 is 0.365 bits per heavy atom. The van der Waals surface area contributed by atoms with Gasteiger partial charge in [0.25, 0.3) is 0 Å². The van der Waals surface area contributed by atoms with Crippen molar-refractivity contribution in [3.63, 3.8) is 0 Å². The molecule has 0 saturated heterocycles. The molecule has 0 unspecified atom stereocenters. The van der Waals surface area contributed by atoms with Crippen LogP contribution in [0.3, 0.4) is 0 Å². The van der Waals surface area contributed by atoms with Gasteiger partial charge >= 0.3 is 0 Å². The lowest BCUT2D eigenvalue weighted by Gasteiger charge is -2.22. The third-order valence-corrected chi connectivity index (χ3v) is 14.1. The molecule has 74 heavy (non-hydrogen) atoms. The van der Waals surface area contributed by atoms with Crippen LogP contribution in [0.5, 0.6) is 0 Å². The average Bonchev–Trinajstić information content (AvgIpc) is 3.96. The van der Waals surface area contributed by atoms with Crippen molar-refractivity contribution in [3.8, 4) is 79.1 Å². The number of nitriles is 2. The Morgan fingerprint density at radius 3 is 1.08 bits per heavy atom. The van der Waals surface area contributed by atoms with Crippen LogP contribution in [0.15, 0.2) is 200 Å². The van der Waals surface area contributed by atoms with Gasteiger partial charge in [-0.1, -0.05) is 169 Å². The van der Waals surface area contributed by atoms with E-state index < -0.39 is 0 Å². The Labute approximate surface area is 428 Å². The number of aromatic nitrogens is 2. The normalized spacial score (nSPS) is 11.0. The number of benzene rings is 10. The second-order valence-electron chi connectivity index (χ2n) is 18.5. The molecule has 0 radical (unpaired) electrons. The number of para-hydroxylation sites is 3. The molecule has 7 heteroatoms. The number of hydrogen-bond acceptors (Lipinski definition) is 2. The van der Waals surface area contributed by atoms with Crippen molar-refractivity contribution in [1.82, 2.24) is 9.13 Å². The third kappa shape index (κ3) is 7.24. The number of rotatable bonds is 7. The van der Waals surface area contributed by atoms with Crippen LogP contribution in [0.25, 0.3) is 125 Å². The molecule has 2 heterocycles. The first-order valence-electron chi connectivity index (χ1n) is 24.0. The fourth-order valence-electron chi connectivity index (χ4n) is 10.9. The molecule has 7 nitrogen and oxygen atoms in total. The van der Waals surface area contributed by atoms with Crippen LogP contribution in [0.4, 0.5) is 17.1 Å². The molecular formula is C67H39N7.